The molecule has 1 saturated carbocycles. The van der Waals surface area contributed by atoms with Gasteiger partial charge in [-0.3, -0.25) is 24.1 Å². The van der Waals surface area contributed by atoms with Crippen LogP contribution in [-0.2, 0) is 24.6 Å². The number of ketones is 2. The van der Waals surface area contributed by atoms with Crippen LogP contribution in [0.3, 0.4) is 0 Å². The van der Waals surface area contributed by atoms with Gasteiger partial charge < -0.3 is 9.84 Å². The highest BCUT2D eigenvalue weighted by molar-refractivity contribution is 6.32. The number of aliphatic hydroxyl groups excluding tert-OH is 1. The van der Waals surface area contributed by atoms with Crippen molar-refractivity contribution < 1.29 is 29.0 Å². The fourth-order valence-corrected chi connectivity index (χ4v) is 9.18. The maximum Gasteiger partial charge on any atom is 0.238 e. The first-order valence-electron chi connectivity index (χ1n) is 17.4. The van der Waals surface area contributed by atoms with Crippen molar-refractivity contribution in [3.63, 3.8) is 0 Å². The Kier molecular flexibility index (Phi) is 8.23. The van der Waals surface area contributed by atoms with Crippen molar-refractivity contribution in [3.8, 4) is 5.75 Å². The molecule has 2 amide bonds. The van der Waals surface area contributed by atoms with Gasteiger partial charge in [0, 0.05) is 17.4 Å². The topological polar surface area (TPSA) is 101 Å². The molecule has 8 rings (SSSR count). The Hall–Kier alpha value is -5.66. The largest absolute Gasteiger partial charge is 0.491 e. The van der Waals surface area contributed by atoms with E-state index in [0.29, 0.717) is 29.0 Å². The lowest BCUT2D eigenvalue weighted by Crippen LogP contribution is -2.58. The number of ether oxygens (including phenoxy) is 1. The van der Waals surface area contributed by atoms with Crippen LogP contribution in [0.5, 0.6) is 5.75 Å². The molecule has 0 aromatic heterocycles. The summed E-state index contributed by atoms with van der Waals surface area (Å²) in [6, 6.07) is 33.4. The minimum absolute atomic E-state index is 0.130. The van der Waals surface area contributed by atoms with Crippen LogP contribution in [0, 0.1) is 23.7 Å². The number of amides is 2. The normalized spacial score (nSPS) is 26.8. The number of nitrogens with zero attached hydrogens (tertiary/aromatic N) is 1. The first-order chi connectivity index (χ1) is 24.9. The third-order valence-corrected chi connectivity index (χ3v) is 11.3. The Morgan fingerprint density at radius 1 is 0.824 bits per heavy atom. The summed E-state index contributed by atoms with van der Waals surface area (Å²) in [7, 11) is 0. The molecule has 4 aromatic carbocycles. The molecule has 0 radical (unpaired) electrons. The molecule has 1 aliphatic heterocycles. The molecule has 2 fully saturated rings. The van der Waals surface area contributed by atoms with Gasteiger partial charge in [0.25, 0.3) is 0 Å². The van der Waals surface area contributed by atoms with Gasteiger partial charge in [0.15, 0.2) is 11.6 Å². The number of imide groups is 1. The van der Waals surface area contributed by atoms with Crippen molar-refractivity contribution in [2.75, 3.05) is 18.1 Å². The molecule has 0 spiro atoms. The van der Waals surface area contributed by atoms with Crippen LogP contribution in [0.15, 0.2) is 133 Å². The van der Waals surface area contributed by atoms with E-state index in [9.17, 15) is 14.7 Å². The highest BCUT2D eigenvalue weighted by Crippen LogP contribution is 2.63. The molecule has 7 heteroatoms. The van der Waals surface area contributed by atoms with Crippen LogP contribution >= 0.6 is 0 Å². The number of hydrogen-bond donors (Lipinski definition) is 1. The number of Topliss-reactive ketones (excluding diaryl/α,β-unsaturated/α-hetero) is 1. The van der Waals surface area contributed by atoms with Crippen molar-refractivity contribution in [1.29, 1.82) is 0 Å². The average Bonchev–Trinajstić information content (AvgIpc) is 3.44. The zero-order valence-corrected chi connectivity index (χ0v) is 28.0. The molecule has 1 N–H and O–H groups in total. The zero-order chi connectivity index (χ0) is 35.3. The predicted octanol–water partition coefficient (Wildman–Crippen LogP) is 6.73. The Labute approximate surface area is 296 Å². The summed E-state index contributed by atoms with van der Waals surface area (Å²) in [6.07, 6.45) is 5.89. The lowest BCUT2D eigenvalue weighted by atomic mass is 9.44. The van der Waals surface area contributed by atoms with Crippen molar-refractivity contribution in [2.45, 2.75) is 24.2 Å². The number of aliphatic hydroxyl groups is 1. The summed E-state index contributed by atoms with van der Waals surface area (Å²) in [4.78, 5) is 60.1. The van der Waals surface area contributed by atoms with Crippen molar-refractivity contribution in [3.05, 3.63) is 156 Å². The fraction of sp³-hybridized carbons (Fsp3) is 0.227. The monoisotopic (exact) mass is 675 g/mol. The summed E-state index contributed by atoms with van der Waals surface area (Å²) in [5.41, 5.74) is 3.57. The van der Waals surface area contributed by atoms with Gasteiger partial charge in [0.2, 0.25) is 11.8 Å². The van der Waals surface area contributed by atoms with Gasteiger partial charge in [0.05, 0.1) is 29.5 Å². The van der Waals surface area contributed by atoms with E-state index < -0.39 is 35.0 Å². The van der Waals surface area contributed by atoms with Crippen LogP contribution in [-0.4, -0.2) is 41.7 Å². The Balaban J connectivity index is 1.32. The predicted molar refractivity (Wildman–Crippen MR) is 195 cm³/mol. The molecule has 6 unspecified atom stereocenters. The lowest BCUT2D eigenvalue weighted by molar-refractivity contribution is -0.135. The number of rotatable bonds is 8. The van der Waals surface area contributed by atoms with E-state index in [4.69, 9.17) is 4.74 Å². The molecule has 1 saturated heterocycles. The first kappa shape index (κ1) is 32.5. The van der Waals surface area contributed by atoms with Gasteiger partial charge in [-0.1, -0.05) is 109 Å². The molecule has 4 aromatic rings. The highest BCUT2D eigenvalue weighted by Gasteiger charge is 2.66. The van der Waals surface area contributed by atoms with Gasteiger partial charge in [-0.25, -0.2) is 0 Å². The Morgan fingerprint density at radius 2 is 1.51 bits per heavy atom. The summed E-state index contributed by atoms with van der Waals surface area (Å²) in [6.45, 7) is 3.82. The molecular weight excluding hydrogens is 638 g/mol. The first-order valence-corrected chi connectivity index (χ1v) is 17.4. The minimum atomic E-state index is -1.30. The number of carbonyl (C=O) groups is 4. The Bertz CT molecular complexity index is 2100. The van der Waals surface area contributed by atoms with Crippen LogP contribution in [0.25, 0.3) is 11.6 Å². The van der Waals surface area contributed by atoms with Crippen molar-refractivity contribution >= 4 is 40.7 Å². The maximum absolute atomic E-state index is 15.1. The second-order valence-corrected chi connectivity index (χ2v) is 13.7. The summed E-state index contributed by atoms with van der Waals surface area (Å²) < 4.78 is 5.68. The zero-order valence-electron chi connectivity index (χ0n) is 28.0. The van der Waals surface area contributed by atoms with Crippen LogP contribution in [0.4, 0.5) is 5.69 Å². The van der Waals surface area contributed by atoms with Crippen LogP contribution in [0.1, 0.15) is 41.0 Å². The molecule has 7 nitrogen and oxygen atoms in total. The van der Waals surface area contributed by atoms with Crippen molar-refractivity contribution in [1.82, 2.24) is 0 Å². The summed E-state index contributed by atoms with van der Waals surface area (Å²) >= 11 is 0. The second-order valence-electron chi connectivity index (χ2n) is 13.7. The van der Waals surface area contributed by atoms with Gasteiger partial charge in [0.1, 0.15) is 12.4 Å². The third-order valence-electron chi connectivity index (χ3n) is 11.3. The van der Waals surface area contributed by atoms with E-state index in [-0.39, 0.29) is 43.0 Å². The number of fused-ring (bicyclic) bond motifs is 4. The highest BCUT2D eigenvalue weighted by atomic mass is 16.5. The van der Waals surface area contributed by atoms with E-state index >= 15 is 9.59 Å². The third kappa shape index (κ3) is 5.06. The summed E-state index contributed by atoms with van der Waals surface area (Å²) in [5, 5.41) is 9.33. The quantitative estimate of drug-likeness (QED) is 0.164. The molecular formula is C44H37NO6. The molecule has 51 heavy (non-hydrogen) atoms. The Morgan fingerprint density at radius 3 is 2.18 bits per heavy atom. The van der Waals surface area contributed by atoms with Gasteiger partial charge in [-0.2, -0.15) is 0 Å². The standard InChI is InChI=1S/C44H37NO6/c1-2-27-13-17-31(18-14-27)45-42(49)34-22-21-33-36(39(34)43(45)50)25-37-41(48)35(28-9-5-3-6-10-28)26-38(47)44(37,30-11-7-4-8-12-30)40(33)29-15-19-32(20-16-29)51-24-23-46/h2-21,26,34,36-37,39-40,46H,1,22-25H2. The van der Waals surface area contributed by atoms with Crippen LogP contribution < -0.4 is 9.64 Å². The molecule has 1 heterocycles. The maximum atomic E-state index is 15.1. The number of hydrogen-bond acceptors (Lipinski definition) is 6. The minimum Gasteiger partial charge on any atom is -0.491 e. The van der Waals surface area contributed by atoms with Gasteiger partial charge in [-0.05, 0) is 71.4 Å². The molecule has 4 aliphatic rings. The van der Waals surface area contributed by atoms with E-state index in [2.05, 4.69) is 12.7 Å². The van der Waals surface area contributed by atoms with E-state index in [1.165, 1.54) is 11.0 Å². The smallest absolute Gasteiger partial charge is 0.238 e. The number of benzene rings is 4. The van der Waals surface area contributed by atoms with E-state index in [1.807, 2.05) is 97.1 Å². The SMILES string of the molecule is C=Cc1ccc(N2C(=O)C3CC=C4C(CC5C(=O)C(c6ccccc6)=CC(=O)C5(c5ccccc5)C4c4ccc(OCCO)cc4)C3C2=O)cc1. The molecule has 6 atom stereocenters. The van der Waals surface area contributed by atoms with Gasteiger partial charge in [-0.15, -0.1) is 0 Å². The average molecular weight is 676 g/mol. The second kappa shape index (κ2) is 12.9. The molecule has 0 bridgehead atoms. The van der Waals surface area contributed by atoms with Gasteiger partial charge >= 0.3 is 0 Å². The fourth-order valence-electron chi connectivity index (χ4n) is 9.18. The molecule has 254 valence electrons. The lowest BCUT2D eigenvalue weighted by Gasteiger charge is -2.55. The van der Waals surface area contributed by atoms with Crippen LogP contribution in [0.2, 0.25) is 0 Å². The number of anilines is 1. The molecule has 3 aliphatic carbocycles. The number of carbonyl (C=O) groups excluding carboxylic acids is 4. The summed E-state index contributed by atoms with van der Waals surface area (Å²) in [5.74, 6) is -3.41. The van der Waals surface area contributed by atoms with Crippen molar-refractivity contribution in [2.24, 2.45) is 23.7 Å². The van der Waals surface area contributed by atoms with E-state index in [1.54, 1.807) is 18.2 Å². The number of allylic oxidation sites excluding steroid dienone is 4. The van der Waals surface area contributed by atoms with E-state index in [0.717, 1.165) is 22.3 Å².